The number of benzene rings is 1. The molecule has 3 rings (SSSR count). The van der Waals surface area contributed by atoms with Crippen molar-refractivity contribution in [3.8, 4) is 0 Å². The molecule has 2 aromatic rings. The van der Waals surface area contributed by atoms with Crippen molar-refractivity contribution in [1.82, 2.24) is 20.5 Å². The highest BCUT2D eigenvalue weighted by Crippen LogP contribution is 2.33. The van der Waals surface area contributed by atoms with Gasteiger partial charge in [-0.05, 0) is 64.3 Å². The molecule has 1 unspecified atom stereocenters. The van der Waals surface area contributed by atoms with Gasteiger partial charge in [0.2, 0.25) is 5.91 Å². The first-order chi connectivity index (χ1) is 12.5. The molecule has 1 aliphatic heterocycles. The van der Waals surface area contributed by atoms with Crippen molar-refractivity contribution in [3.63, 3.8) is 0 Å². The summed E-state index contributed by atoms with van der Waals surface area (Å²) in [5.74, 6) is 0.260. The largest absolute Gasteiger partial charge is 0.361 e. The van der Waals surface area contributed by atoms with Crippen molar-refractivity contribution in [1.29, 1.82) is 0 Å². The van der Waals surface area contributed by atoms with Crippen LogP contribution < -0.4 is 10.6 Å². The van der Waals surface area contributed by atoms with Gasteiger partial charge in [-0.1, -0.05) is 18.2 Å². The summed E-state index contributed by atoms with van der Waals surface area (Å²) in [7, 11) is 0. The molecule has 140 valence electrons. The zero-order valence-electron chi connectivity index (χ0n) is 15.7. The number of aromatic nitrogens is 1. The smallest absolute Gasteiger partial charge is 0.321 e. The van der Waals surface area contributed by atoms with Gasteiger partial charge < -0.3 is 10.3 Å². The fraction of sp³-hybridized carbons (Fsp3) is 0.500. The van der Waals surface area contributed by atoms with Crippen LogP contribution in [0.4, 0.5) is 4.79 Å². The van der Waals surface area contributed by atoms with Gasteiger partial charge in [-0.25, -0.2) is 4.79 Å². The number of hydrogen-bond acceptors (Lipinski definition) is 3. The average molecular weight is 356 g/mol. The van der Waals surface area contributed by atoms with Gasteiger partial charge in [0, 0.05) is 23.1 Å². The van der Waals surface area contributed by atoms with Crippen LogP contribution in [-0.4, -0.2) is 47.0 Å². The molecule has 1 aliphatic rings. The molecule has 1 saturated heterocycles. The zero-order chi connectivity index (χ0) is 18.7. The van der Waals surface area contributed by atoms with Gasteiger partial charge >= 0.3 is 6.03 Å². The van der Waals surface area contributed by atoms with Crippen LogP contribution in [0.2, 0.25) is 0 Å². The summed E-state index contributed by atoms with van der Waals surface area (Å²) >= 11 is 0. The highest BCUT2D eigenvalue weighted by Gasteiger charge is 2.29. The van der Waals surface area contributed by atoms with Crippen molar-refractivity contribution < 1.29 is 9.59 Å². The summed E-state index contributed by atoms with van der Waals surface area (Å²) in [6.07, 6.45) is 4.15. The number of fused-ring (bicyclic) bond motifs is 1. The Balaban J connectivity index is 1.56. The molecule has 0 aliphatic carbocycles. The van der Waals surface area contributed by atoms with Crippen molar-refractivity contribution in [2.75, 3.05) is 13.1 Å². The molecule has 0 spiro atoms. The summed E-state index contributed by atoms with van der Waals surface area (Å²) in [6, 6.07) is 7.65. The summed E-state index contributed by atoms with van der Waals surface area (Å²) in [4.78, 5) is 29.5. The topological polar surface area (TPSA) is 77.2 Å². The van der Waals surface area contributed by atoms with E-state index in [-0.39, 0.29) is 18.0 Å². The van der Waals surface area contributed by atoms with Gasteiger partial charge in [-0.2, -0.15) is 0 Å². The summed E-state index contributed by atoms with van der Waals surface area (Å²) in [5, 5.41) is 6.41. The summed E-state index contributed by atoms with van der Waals surface area (Å²) in [6.45, 7) is 7.30. The van der Waals surface area contributed by atoms with Crippen LogP contribution in [0.25, 0.3) is 10.9 Å². The van der Waals surface area contributed by atoms with Crippen molar-refractivity contribution in [3.05, 3.63) is 36.0 Å². The number of amides is 3. The van der Waals surface area contributed by atoms with Crippen LogP contribution in [0.3, 0.4) is 0 Å². The second-order valence-electron chi connectivity index (χ2n) is 7.39. The van der Waals surface area contributed by atoms with Crippen molar-refractivity contribution in [2.45, 2.75) is 51.6 Å². The predicted molar refractivity (Wildman–Crippen MR) is 103 cm³/mol. The summed E-state index contributed by atoms with van der Waals surface area (Å²) in [5.41, 5.74) is 2.54. The molecule has 26 heavy (non-hydrogen) atoms. The fourth-order valence-electron chi connectivity index (χ4n) is 3.71. The number of hydrogen-bond donors (Lipinski definition) is 3. The molecule has 1 aromatic carbocycles. The Bertz CT molecular complexity index is 775. The van der Waals surface area contributed by atoms with Gasteiger partial charge in [-0.3, -0.25) is 15.0 Å². The quantitative estimate of drug-likeness (QED) is 0.788. The van der Waals surface area contributed by atoms with Crippen LogP contribution >= 0.6 is 0 Å². The van der Waals surface area contributed by atoms with E-state index < -0.39 is 6.03 Å². The lowest BCUT2D eigenvalue weighted by Crippen LogP contribution is -2.52. The Kier molecular flexibility index (Phi) is 5.61. The standard InChI is InChI=1S/C20H28N4O2/c1-13(2)22-20(26)23-19(25)14(3)24-10-8-15(9-11-24)17-12-21-18-7-5-4-6-16(17)18/h4-7,12-15,21H,8-11H2,1-3H3,(H2,22,23,25,26). The monoisotopic (exact) mass is 356 g/mol. The first kappa shape index (κ1) is 18.5. The number of imide groups is 1. The predicted octanol–water partition coefficient (Wildman–Crippen LogP) is 2.97. The Hall–Kier alpha value is -2.34. The number of rotatable bonds is 4. The number of carbonyl (C=O) groups is 2. The van der Waals surface area contributed by atoms with E-state index in [0.717, 1.165) is 25.9 Å². The number of nitrogens with one attached hydrogen (secondary N) is 3. The first-order valence-corrected chi connectivity index (χ1v) is 9.37. The zero-order valence-corrected chi connectivity index (χ0v) is 15.7. The molecule has 6 nitrogen and oxygen atoms in total. The molecule has 1 atom stereocenters. The highest BCUT2D eigenvalue weighted by atomic mass is 16.2. The lowest BCUT2D eigenvalue weighted by atomic mass is 9.88. The Morgan fingerprint density at radius 2 is 1.85 bits per heavy atom. The molecule has 1 aromatic heterocycles. The fourth-order valence-corrected chi connectivity index (χ4v) is 3.71. The van der Waals surface area contributed by atoms with E-state index in [4.69, 9.17) is 0 Å². The van der Waals surface area contributed by atoms with Gasteiger partial charge in [0.1, 0.15) is 0 Å². The molecule has 3 N–H and O–H groups in total. The minimum absolute atomic E-state index is 0.00465. The SMILES string of the molecule is CC(C)NC(=O)NC(=O)C(C)N1CCC(c2c[nH]c3ccccc23)CC1. The molecule has 2 heterocycles. The second kappa shape index (κ2) is 7.91. The lowest BCUT2D eigenvalue weighted by molar-refractivity contribution is -0.125. The maximum absolute atomic E-state index is 12.3. The van der Waals surface area contributed by atoms with E-state index in [0.29, 0.717) is 5.92 Å². The highest BCUT2D eigenvalue weighted by molar-refractivity contribution is 5.96. The van der Waals surface area contributed by atoms with E-state index >= 15 is 0 Å². The molecule has 0 radical (unpaired) electrons. The Morgan fingerprint density at radius 1 is 1.15 bits per heavy atom. The third kappa shape index (κ3) is 4.07. The average Bonchev–Trinajstić information content (AvgIpc) is 3.04. The minimum atomic E-state index is -0.425. The molecule has 0 bridgehead atoms. The van der Waals surface area contributed by atoms with Gasteiger partial charge in [0.05, 0.1) is 6.04 Å². The number of piperidine rings is 1. The molecule has 6 heteroatoms. The maximum Gasteiger partial charge on any atom is 0.321 e. The van der Waals surface area contributed by atoms with Crippen LogP contribution in [0.15, 0.2) is 30.5 Å². The first-order valence-electron chi connectivity index (χ1n) is 9.37. The molecule has 3 amide bonds. The number of H-pyrrole nitrogens is 1. The van der Waals surface area contributed by atoms with E-state index in [1.54, 1.807) is 0 Å². The Morgan fingerprint density at radius 3 is 2.54 bits per heavy atom. The van der Waals surface area contributed by atoms with Crippen LogP contribution in [0.1, 0.15) is 45.1 Å². The lowest BCUT2D eigenvalue weighted by Gasteiger charge is -2.35. The third-order valence-electron chi connectivity index (χ3n) is 5.17. The number of likely N-dealkylation sites (tertiary alicyclic amines) is 1. The number of carbonyl (C=O) groups excluding carboxylic acids is 2. The number of nitrogens with zero attached hydrogens (tertiary/aromatic N) is 1. The van der Waals surface area contributed by atoms with Gasteiger partial charge in [0.25, 0.3) is 0 Å². The van der Waals surface area contributed by atoms with Crippen LogP contribution in [0.5, 0.6) is 0 Å². The maximum atomic E-state index is 12.3. The normalized spacial score (nSPS) is 17.4. The minimum Gasteiger partial charge on any atom is -0.361 e. The van der Waals surface area contributed by atoms with E-state index in [1.165, 1.54) is 16.5 Å². The van der Waals surface area contributed by atoms with E-state index in [1.807, 2.05) is 26.8 Å². The second-order valence-corrected chi connectivity index (χ2v) is 7.39. The number of para-hydroxylation sites is 1. The van der Waals surface area contributed by atoms with Crippen LogP contribution in [0, 0.1) is 0 Å². The van der Waals surface area contributed by atoms with E-state index in [9.17, 15) is 9.59 Å². The molecule has 1 fully saturated rings. The van der Waals surface area contributed by atoms with E-state index in [2.05, 4.69) is 44.9 Å². The molecule has 0 saturated carbocycles. The van der Waals surface area contributed by atoms with Gasteiger partial charge in [-0.15, -0.1) is 0 Å². The Labute approximate surface area is 154 Å². The van der Waals surface area contributed by atoms with Crippen molar-refractivity contribution in [2.24, 2.45) is 0 Å². The third-order valence-corrected chi connectivity index (χ3v) is 5.17. The number of urea groups is 1. The van der Waals surface area contributed by atoms with Gasteiger partial charge in [0.15, 0.2) is 0 Å². The molecular weight excluding hydrogens is 328 g/mol. The number of aromatic amines is 1. The van der Waals surface area contributed by atoms with Crippen LogP contribution in [-0.2, 0) is 4.79 Å². The van der Waals surface area contributed by atoms with Crippen molar-refractivity contribution >= 4 is 22.8 Å². The molecular formula is C20H28N4O2. The summed E-state index contributed by atoms with van der Waals surface area (Å²) < 4.78 is 0.